The molecule has 0 heterocycles. The molecule has 0 saturated heterocycles. The normalized spacial score (nSPS) is 14.7. The number of carbonyl (C=O) groups excluding carboxylic acids is 1. The van der Waals surface area contributed by atoms with Gasteiger partial charge in [0, 0.05) is 0 Å². The van der Waals surface area contributed by atoms with Crippen molar-refractivity contribution in [1.82, 2.24) is 5.32 Å². The van der Waals surface area contributed by atoms with Gasteiger partial charge in [0.15, 0.2) is 0 Å². The van der Waals surface area contributed by atoms with E-state index in [1.54, 1.807) is 13.8 Å². The predicted octanol–water partition coefficient (Wildman–Crippen LogP) is 0.528. The summed E-state index contributed by atoms with van der Waals surface area (Å²) < 4.78 is 0. The highest BCUT2D eigenvalue weighted by Gasteiger charge is 2.28. The fourth-order valence-electron chi connectivity index (χ4n) is 1.29. The monoisotopic (exact) mass is 159 g/mol. The van der Waals surface area contributed by atoms with E-state index in [0.29, 0.717) is 6.41 Å². The summed E-state index contributed by atoms with van der Waals surface area (Å²) in [4.78, 5) is 10.1. The van der Waals surface area contributed by atoms with Gasteiger partial charge >= 0.3 is 0 Å². The van der Waals surface area contributed by atoms with E-state index in [-0.39, 0.29) is 12.0 Å². The molecule has 0 aliphatic heterocycles. The number of rotatable bonds is 4. The van der Waals surface area contributed by atoms with Crippen LogP contribution in [0.1, 0.15) is 27.7 Å². The van der Waals surface area contributed by atoms with Gasteiger partial charge in [0.2, 0.25) is 6.41 Å². The molecular weight excluding hydrogens is 142 g/mol. The molecule has 3 heteroatoms. The average Bonchev–Trinajstić information content (AvgIpc) is 1.79. The van der Waals surface area contributed by atoms with Gasteiger partial charge in [-0.3, -0.25) is 4.79 Å². The molecule has 3 nitrogen and oxygen atoms in total. The Bertz CT molecular complexity index is 127. The van der Waals surface area contributed by atoms with Gasteiger partial charge in [-0.15, -0.1) is 0 Å². The van der Waals surface area contributed by atoms with Crippen molar-refractivity contribution in [3.05, 3.63) is 0 Å². The van der Waals surface area contributed by atoms with Crippen LogP contribution in [0.3, 0.4) is 0 Å². The van der Waals surface area contributed by atoms with Crippen molar-refractivity contribution >= 4 is 6.41 Å². The lowest BCUT2D eigenvalue weighted by molar-refractivity contribution is -0.112. The van der Waals surface area contributed by atoms with Gasteiger partial charge in [0.05, 0.1) is 11.6 Å². The third-order valence-electron chi connectivity index (χ3n) is 1.68. The number of hydrogen-bond acceptors (Lipinski definition) is 2. The molecule has 66 valence electrons. The largest absolute Gasteiger partial charge is 0.388 e. The summed E-state index contributed by atoms with van der Waals surface area (Å²) in [6.07, 6.45) is 0.628. The summed E-state index contributed by atoms with van der Waals surface area (Å²) >= 11 is 0. The van der Waals surface area contributed by atoms with Crippen LogP contribution in [0.2, 0.25) is 0 Å². The molecule has 0 saturated carbocycles. The number of amides is 1. The Morgan fingerprint density at radius 1 is 1.45 bits per heavy atom. The van der Waals surface area contributed by atoms with Crippen molar-refractivity contribution < 1.29 is 9.90 Å². The van der Waals surface area contributed by atoms with Gasteiger partial charge in [-0.1, -0.05) is 13.8 Å². The Hall–Kier alpha value is -0.570. The topological polar surface area (TPSA) is 49.3 Å². The Kier molecular flexibility index (Phi) is 3.52. The first-order valence-corrected chi connectivity index (χ1v) is 3.81. The van der Waals surface area contributed by atoms with Gasteiger partial charge in [-0.25, -0.2) is 0 Å². The highest BCUT2D eigenvalue weighted by molar-refractivity contribution is 5.47. The Morgan fingerprint density at radius 2 is 1.91 bits per heavy atom. The summed E-state index contributed by atoms with van der Waals surface area (Å²) in [5, 5.41) is 12.1. The van der Waals surface area contributed by atoms with Gasteiger partial charge in [0.25, 0.3) is 0 Å². The molecule has 0 bridgehead atoms. The lowest BCUT2D eigenvalue weighted by Crippen LogP contribution is -2.49. The van der Waals surface area contributed by atoms with Gasteiger partial charge in [-0.2, -0.15) is 0 Å². The van der Waals surface area contributed by atoms with Crippen LogP contribution < -0.4 is 5.32 Å². The zero-order valence-electron chi connectivity index (χ0n) is 7.59. The van der Waals surface area contributed by atoms with E-state index in [1.807, 2.05) is 13.8 Å². The standard InChI is InChI=1S/C8H17NO2/c1-6(2)7(9-5-10)8(3,4)11/h5-7,11H,1-4H3,(H,9,10). The van der Waals surface area contributed by atoms with Crippen LogP contribution >= 0.6 is 0 Å². The van der Waals surface area contributed by atoms with Crippen molar-refractivity contribution in [2.75, 3.05) is 0 Å². The first kappa shape index (κ1) is 10.4. The van der Waals surface area contributed by atoms with E-state index in [1.165, 1.54) is 0 Å². The predicted molar refractivity (Wildman–Crippen MR) is 44.1 cm³/mol. The van der Waals surface area contributed by atoms with E-state index < -0.39 is 5.60 Å². The van der Waals surface area contributed by atoms with Crippen LogP contribution in [0.15, 0.2) is 0 Å². The molecular formula is C8H17NO2. The van der Waals surface area contributed by atoms with E-state index >= 15 is 0 Å². The Morgan fingerprint density at radius 3 is 2.00 bits per heavy atom. The minimum Gasteiger partial charge on any atom is -0.388 e. The summed E-state index contributed by atoms with van der Waals surface area (Å²) in [6, 6.07) is -0.181. The highest BCUT2D eigenvalue weighted by atomic mass is 16.3. The first-order valence-electron chi connectivity index (χ1n) is 3.81. The zero-order chi connectivity index (χ0) is 9.07. The molecule has 0 aromatic heterocycles. The molecule has 0 fully saturated rings. The zero-order valence-corrected chi connectivity index (χ0v) is 7.59. The van der Waals surface area contributed by atoms with Gasteiger partial charge in [-0.05, 0) is 19.8 Å². The Labute approximate surface area is 67.8 Å². The van der Waals surface area contributed by atoms with Crippen LogP contribution in [-0.2, 0) is 4.79 Å². The van der Waals surface area contributed by atoms with Crippen molar-refractivity contribution in [3.63, 3.8) is 0 Å². The Balaban J connectivity index is 4.21. The van der Waals surface area contributed by atoms with Gasteiger partial charge in [0.1, 0.15) is 0 Å². The molecule has 2 N–H and O–H groups in total. The maximum absolute atomic E-state index is 10.1. The number of aliphatic hydroxyl groups is 1. The maximum Gasteiger partial charge on any atom is 0.207 e. The minimum absolute atomic E-state index is 0.181. The molecule has 0 aromatic carbocycles. The third kappa shape index (κ3) is 3.37. The molecule has 1 atom stereocenters. The summed E-state index contributed by atoms with van der Waals surface area (Å²) in [6.45, 7) is 7.29. The fourth-order valence-corrected chi connectivity index (χ4v) is 1.29. The van der Waals surface area contributed by atoms with E-state index in [2.05, 4.69) is 5.32 Å². The molecule has 11 heavy (non-hydrogen) atoms. The molecule has 0 spiro atoms. The van der Waals surface area contributed by atoms with Crippen molar-refractivity contribution in [2.24, 2.45) is 5.92 Å². The fraction of sp³-hybridized carbons (Fsp3) is 0.875. The lowest BCUT2D eigenvalue weighted by Gasteiger charge is -2.31. The second-order valence-corrected chi connectivity index (χ2v) is 3.66. The van der Waals surface area contributed by atoms with Crippen LogP contribution in [0.5, 0.6) is 0 Å². The summed E-state index contributed by atoms with van der Waals surface area (Å²) in [5.41, 5.74) is -0.852. The lowest BCUT2D eigenvalue weighted by atomic mass is 9.89. The number of nitrogens with one attached hydrogen (secondary N) is 1. The van der Waals surface area contributed by atoms with E-state index in [9.17, 15) is 9.90 Å². The summed E-state index contributed by atoms with van der Waals surface area (Å²) in [5.74, 6) is 0.236. The highest BCUT2D eigenvalue weighted by Crippen LogP contribution is 2.15. The van der Waals surface area contributed by atoms with Crippen molar-refractivity contribution in [2.45, 2.75) is 39.3 Å². The van der Waals surface area contributed by atoms with Crippen LogP contribution in [0.4, 0.5) is 0 Å². The molecule has 1 unspecified atom stereocenters. The number of carbonyl (C=O) groups is 1. The summed E-state index contributed by atoms with van der Waals surface area (Å²) in [7, 11) is 0. The number of hydrogen-bond donors (Lipinski definition) is 2. The van der Waals surface area contributed by atoms with Crippen LogP contribution in [0, 0.1) is 5.92 Å². The molecule has 0 rings (SSSR count). The smallest absolute Gasteiger partial charge is 0.207 e. The van der Waals surface area contributed by atoms with Crippen LogP contribution in [0.25, 0.3) is 0 Å². The average molecular weight is 159 g/mol. The third-order valence-corrected chi connectivity index (χ3v) is 1.68. The van der Waals surface area contributed by atoms with E-state index in [4.69, 9.17) is 0 Å². The molecule has 0 aliphatic carbocycles. The molecule has 0 aliphatic rings. The molecule has 0 aromatic rings. The molecule has 0 radical (unpaired) electrons. The quantitative estimate of drug-likeness (QED) is 0.588. The van der Waals surface area contributed by atoms with Gasteiger partial charge < -0.3 is 10.4 Å². The van der Waals surface area contributed by atoms with E-state index in [0.717, 1.165) is 0 Å². The SMILES string of the molecule is CC(C)C(NC=O)C(C)(C)O. The first-order chi connectivity index (χ1) is 4.89. The minimum atomic E-state index is -0.852. The second-order valence-electron chi connectivity index (χ2n) is 3.66. The van der Waals surface area contributed by atoms with Crippen LogP contribution in [-0.4, -0.2) is 23.2 Å². The van der Waals surface area contributed by atoms with Crippen molar-refractivity contribution in [1.29, 1.82) is 0 Å². The second kappa shape index (κ2) is 3.72. The maximum atomic E-state index is 10.1. The molecule has 1 amide bonds. The van der Waals surface area contributed by atoms with Crippen molar-refractivity contribution in [3.8, 4) is 0 Å².